The maximum Gasteiger partial charge on any atom is 0.0724 e. The molecule has 0 saturated heterocycles. The summed E-state index contributed by atoms with van der Waals surface area (Å²) in [6.07, 6.45) is 6.64. The predicted octanol–water partition coefficient (Wildman–Crippen LogP) is 7.13. The normalized spacial score (nSPS) is 11.4. The van der Waals surface area contributed by atoms with Gasteiger partial charge in [-0.1, -0.05) is 60.1 Å². The van der Waals surface area contributed by atoms with Crippen molar-refractivity contribution in [2.45, 2.75) is 13.0 Å². The highest BCUT2D eigenvalue weighted by Gasteiger charge is 2.04. The van der Waals surface area contributed by atoms with Gasteiger partial charge in [0, 0.05) is 28.7 Å². The highest BCUT2D eigenvalue weighted by molar-refractivity contribution is 6.31. The van der Waals surface area contributed by atoms with Crippen molar-refractivity contribution in [1.82, 2.24) is 9.55 Å². The number of aromatic nitrogens is 2. The minimum Gasteiger partial charge on any atom is -0.343 e. The van der Waals surface area contributed by atoms with Gasteiger partial charge in [-0.2, -0.15) is 5.26 Å². The van der Waals surface area contributed by atoms with Crippen LogP contribution >= 0.6 is 11.6 Å². The fourth-order valence-electron chi connectivity index (χ4n) is 3.94. The van der Waals surface area contributed by atoms with E-state index in [1.807, 2.05) is 36.4 Å². The van der Waals surface area contributed by atoms with E-state index in [0.717, 1.165) is 39.8 Å². The molecule has 2 heterocycles. The molecule has 0 aliphatic rings. The van der Waals surface area contributed by atoms with Gasteiger partial charge in [-0.15, -0.1) is 0 Å². The van der Waals surface area contributed by atoms with Gasteiger partial charge in [-0.25, -0.2) is 4.98 Å². The molecule has 0 radical (unpaired) electrons. The number of rotatable bonds is 5. The van der Waals surface area contributed by atoms with Crippen molar-refractivity contribution in [3.05, 3.63) is 112 Å². The molecule has 0 aliphatic heterocycles. The zero-order chi connectivity index (χ0) is 21.9. The summed E-state index contributed by atoms with van der Waals surface area (Å²) in [5.74, 6) is 0. The van der Waals surface area contributed by atoms with E-state index in [1.165, 1.54) is 10.9 Å². The van der Waals surface area contributed by atoms with Gasteiger partial charge in [0.15, 0.2) is 0 Å². The number of nitrogens with zero attached hydrogens (tertiary/aromatic N) is 3. The predicted molar refractivity (Wildman–Crippen MR) is 132 cm³/mol. The second kappa shape index (κ2) is 8.70. The Morgan fingerprint density at radius 1 is 0.875 bits per heavy atom. The van der Waals surface area contributed by atoms with Gasteiger partial charge < -0.3 is 4.57 Å². The molecular weight excluding hydrogens is 414 g/mol. The maximum absolute atomic E-state index is 9.00. The Hall–Kier alpha value is -3.87. The summed E-state index contributed by atoms with van der Waals surface area (Å²) in [6.45, 7) is 0.772. The van der Waals surface area contributed by atoms with E-state index in [0.29, 0.717) is 11.4 Å². The summed E-state index contributed by atoms with van der Waals surface area (Å²) in [4.78, 5) is 4.69. The standard InChI is InChI=1S/C28H20ClN3/c29-25-9-7-23-8-11-26(31-27(23)18-25)10-5-20-2-1-3-22(16-20)19-32-15-13-24-6-4-21(12-14-30)17-28(24)32/h1-11,13,15-18H,12,19H2. The van der Waals surface area contributed by atoms with Crippen LogP contribution in [-0.4, -0.2) is 9.55 Å². The molecule has 0 aliphatic carbocycles. The summed E-state index contributed by atoms with van der Waals surface area (Å²) < 4.78 is 2.23. The zero-order valence-corrected chi connectivity index (χ0v) is 18.1. The largest absolute Gasteiger partial charge is 0.343 e. The lowest BCUT2D eigenvalue weighted by atomic mass is 10.1. The number of halogens is 1. The molecule has 0 amide bonds. The lowest BCUT2D eigenvalue weighted by Crippen LogP contribution is -1.98. The van der Waals surface area contributed by atoms with Crippen molar-refractivity contribution in [3.8, 4) is 6.07 Å². The van der Waals surface area contributed by atoms with Gasteiger partial charge in [-0.05, 0) is 64.6 Å². The molecule has 0 saturated carbocycles. The Bertz CT molecular complexity index is 1500. The summed E-state index contributed by atoms with van der Waals surface area (Å²) >= 11 is 6.11. The Labute approximate surface area is 191 Å². The molecule has 0 N–H and O–H groups in total. The van der Waals surface area contributed by atoms with Crippen LogP contribution in [0.3, 0.4) is 0 Å². The van der Waals surface area contributed by atoms with Gasteiger partial charge in [-0.3, -0.25) is 0 Å². The molecule has 0 fully saturated rings. The van der Waals surface area contributed by atoms with Crippen LogP contribution in [0.25, 0.3) is 34.0 Å². The van der Waals surface area contributed by atoms with E-state index in [-0.39, 0.29) is 0 Å². The fourth-order valence-corrected chi connectivity index (χ4v) is 4.11. The minimum absolute atomic E-state index is 0.427. The third-order valence-corrected chi connectivity index (χ3v) is 5.78. The topological polar surface area (TPSA) is 41.6 Å². The van der Waals surface area contributed by atoms with Gasteiger partial charge in [0.2, 0.25) is 0 Å². The summed E-state index contributed by atoms with van der Waals surface area (Å²) in [5.41, 5.74) is 6.32. The van der Waals surface area contributed by atoms with E-state index in [4.69, 9.17) is 21.8 Å². The number of nitriles is 1. The molecule has 3 aromatic carbocycles. The van der Waals surface area contributed by atoms with Crippen molar-refractivity contribution in [2.24, 2.45) is 0 Å². The van der Waals surface area contributed by atoms with Crippen molar-refractivity contribution in [3.63, 3.8) is 0 Å². The summed E-state index contributed by atoms with van der Waals surface area (Å²) in [6, 6.07) is 28.9. The lowest BCUT2D eigenvalue weighted by molar-refractivity contribution is 0.836. The van der Waals surface area contributed by atoms with E-state index < -0.39 is 0 Å². The van der Waals surface area contributed by atoms with Crippen LogP contribution in [0, 0.1) is 11.3 Å². The molecule has 5 aromatic rings. The monoisotopic (exact) mass is 433 g/mol. The average Bonchev–Trinajstić information content (AvgIpc) is 3.20. The Kier molecular flexibility index (Phi) is 5.46. The molecule has 0 unspecified atom stereocenters. The SMILES string of the molecule is N#CCc1ccc2ccn(Cc3cccc(C=Cc4ccc5ccc(Cl)cc5n4)c3)c2c1. The highest BCUT2D eigenvalue weighted by atomic mass is 35.5. The van der Waals surface area contributed by atoms with Crippen LogP contribution in [0.1, 0.15) is 22.4 Å². The van der Waals surface area contributed by atoms with Gasteiger partial charge in [0.05, 0.1) is 23.7 Å². The number of hydrogen-bond donors (Lipinski definition) is 0. The molecule has 4 heteroatoms. The van der Waals surface area contributed by atoms with E-state index in [2.05, 4.69) is 71.4 Å². The van der Waals surface area contributed by atoms with Crippen molar-refractivity contribution >= 4 is 45.6 Å². The Balaban J connectivity index is 1.39. The zero-order valence-electron chi connectivity index (χ0n) is 17.4. The van der Waals surface area contributed by atoms with Crippen LogP contribution in [0.2, 0.25) is 5.02 Å². The number of benzene rings is 3. The highest BCUT2D eigenvalue weighted by Crippen LogP contribution is 2.21. The third-order valence-electron chi connectivity index (χ3n) is 5.55. The molecule has 32 heavy (non-hydrogen) atoms. The Morgan fingerprint density at radius 3 is 2.66 bits per heavy atom. The van der Waals surface area contributed by atoms with Crippen molar-refractivity contribution in [1.29, 1.82) is 5.26 Å². The first-order chi connectivity index (χ1) is 15.7. The molecule has 3 nitrogen and oxygen atoms in total. The smallest absolute Gasteiger partial charge is 0.0724 e. The number of pyridine rings is 1. The molecule has 5 rings (SSSR count). The Morgan fingerprint density at radius 2 is 1.75 bits per heavy atom. The summed E-state index contributed by atoms with van der Waals surface area (Å²) in [5, 5.41) is 12.0. The molecular formula is C28H20ClN3. The van der Waals surface area contributed by atoms with E-state index in [1.54, 1.807) is 0 Å². The van der Waals surface area contributed by atoms with E-state index >= 15 is 0 Å². The molecule has 0 bridgehead atoms. The van der Waals surface area contributed by atoms with Crippen LogP contribution in [-0.2, 0) is 13.0 Å². The maximum atomic E-state index is 9.00. The van der Waals surface area contributed by atoms with Gasteiger partial charge in [0.1, 0.15) is 0 Å². The van der Waals surface area contributed by atoms with E-state index in [9.17, 15) is 0 Å². The number of fused-ring (bicyclic) bond motifs is 2. The van der Waals surface area contributed by atoms with Crippen molar-refractivity contribution < 1.29 is 0 Å². The fraction of sp³-hybridized carbons (Fsp3) is 0.0714. The van der Waals surface area contributed by atoms with Crippen LogP contribution < -0.4 is 0 Å². The molecule has 0 atom stereocenters. The molecule has 154 valence electrons. The van der Waals surface area contributed by atoms with Gasteiger partial charge >= 0.3 is 0 Å². The molecule has 0 spiro atoms. The second-order valence-corrected chi connectivity index (χ2v) is 8.26. The first kappa shape index (κ1) is 20.1. The molecule has 2 aromatic heterocycles. The van der Waals surface area contributed by atoms with Gasteiger partial charge in [0.25, 0.3) is 0 Å². The summed E-state index contributed by atoms with van der Waals surface area (Å²) in [7, 11) is 0. The van der Waals surface area contributed by atoms with Crippen molar-refractivity contribution in [2.75, 3.05) is 0 Å². The average molecular weight is 434 g/mol. The lowest BCUT2D eigenvalue weighted by Gasteiger charge is -2.08. The first-order valence-electron chi connectivity index (χ1n) is 10.5. The minimum atomic E-state index is 0.427. The quantitative estimate of drug-likeness (QED) is 0.296. The van der Waals surface area contributed by atoms with Crippen LogP contribution in [0.5, 0.6) is 0 Å². The van der Waals surface area contributed by atoms with Crippen LogP contribution in [0.4, 0.5) is 0 Å². The first-order valence-corrected chi connectivity index (χ1v) is 10.8. The second-order valence-electron chi connectivity index (χ2n) is 7.82. The third kappa shape index (κ3) is 4.27. The van der Waals surface area contributed by atoms with Crippen LogP contribution in [0.15, 0.2) is 85.1 Å². The number of hydrogen-bond acceptors (Lipinski definition) is 2.